The number of hydrogen-bond donors (Lipinski definition) is 3. The maximum absolute atomic E-state index is 10.5. The first-order chi connectivity index (χ1) is 12.4. The number of furan rings is 1. The fourth-order valence-corrected chi connectivity index (χ4v) is 3.38. The number of guanidine groups is 1. The van der Waals surface area contributed by atoms with Crippen molar-refractivity contribution in [2.75, 3.05) is 40.3 Å². The minimum absolute atomic E-state index is 0.334. The van der Waals surface area contributed by atoms with Crippen LogP contribution in [0.3, 0.4) is 0 Å². The van der Waals surface area contributed by atoms with E-state index in [1.165, 1.54) is 4.88 Å². The van der Waals surface area contributed by atoms with E-state index in [0.29, 0.717) is 25.6 Å². The van der Waals surface area contributed by atoms with Crippen LogP contribution in [0.15, 0.2) is 45.3 Å². The van der Waals surface area contributed by atoms with Crippen LogP contribution in [-0.4, -0.2) is 61.8 Å². The Morgan fingerprint density at radius 2 is 2.00 bits per heavy atom. The normalized spacial score (nSPS) is 14.4. The van der Waals surface area contributed by atoms with E-state index in [0.717, 1.165) is 25.1 Å². The van der Waals surface area contributed by atoms with E-state index >= 15 is 0 Å². The zero-order valence-electron chi connectivity index (χ0n) is 15.9. The number of hydrogen-bond acceptors (Lipinski definition) is 5. The summed E-state index contributed by atoms with van der Waals surface area (Å²) >= 11 is 1.76. The molecule has 1 atom stereocenters. The van der Waals surface area contributed by atoms with Crippen molar-refractivity contribution in [2.24, 2.45) is 4.99 Å². The molecule has 0 saturated heterocycles. The molecule has 0 fully saturated rings. The van der Waals surface area contributed by atoms with Gasteiger partial charge in [0.2, 0.25) is 0 Å². The average molecular weight is 379 g/mol. The highest BCUT2D eigenvalue weighted by Gasteiger charge is 2.21. The lowest BCUT2D eigenvalue weighted by molar-refractivity contribution is 0.0423. The zero-order valence-corrected chi connectivity index (χ0v) is 16.7. The van der Waals surface area contributed by atoms with Crippen molar-refractivity contribution in [1.29, 1.82) is 0 Å². The first-order valence-corrected chi connectivity index (χ1v) is 9.77. The van der Waals surface area contributed by atoms with Crippen LogP contribution in [0.2, 0.25) is 0 Å². The van der Waals surface area contributed by atoms with Gasteiger partial charge in [-0.2, -0.15) is 0 Å². The number of rotatable bonds is 10. The fraction of sp³-hybridized carbons (Fsp3) is 0.526. The van der Waals surface area contributed by atoms with Crippen LogP contribution >= 0.6 is 11.3 Å². The van der Waals surface area contributed by atoms with Crippen molar-refractivity contribution in [2.45, 2.75) is 25.4 Å². The molecule has 0 aliphatic carbocycles. The van der Waals surface area contributed by atoms with E-state index in [9.17, 15) is 5.11 Å². The Hall–Kier alpha value is -1.83. The third-order valence-electron chi connectivity index (χ3n) is 3.72. The first-order valence-electron chi connectivity index (χ1n) is 8.89. The number of thiophene rings is 1. The van der Waals surface area contributed by atoms with Crippen LogP contribution in [0.4, 0.5) is 0 Å². The summed E-state index contributed by atoms with van der Waals surface area (Å²) in [5, 5.41) is 19.2. The van der Waals surface area contributed by atoms with Crippen molar-refractivity contribution in [3.8, 4) is 0 Å². The van der Waals surface area contributed by atoms with E-state index in [-0.39, 0.29) is 0 Å². The molecule has 0 aromatic carbocycles. The highest BCUT2D eigenvalue weighted by molar-refractivity contribution is 7.09. The monoisotopic (exact) mass is 378 g/mol. The van der Waals surface area contributed by atoms with E-state index in [2.05, 4.69) is 33.1 Å². The van der Waals surface area contributed by atoms with Crippen LogP contribution in [0, 0.1) is 0 Å². The molecule has 6 nitrogen and oxygen atoms in total. The topological polar surface area (TPSA) is 73.0 Å². The van der Waals surface area contributed by atoms with Gasteiger partial charge in [0.15, 0.2) is 5.96 Å². The van der Waals surface area contributed by atoms with Crippen LogP contribution in [0.25, 0.3) is 0 Å². The molecule has 0 amide bonds. The standard InChI is InChI=1S/C19H30N4O2S/c1-19(24,15-23(2)3)14-22-18(20-10-8-16-6-4-12-25-16)21-11-9-17-7-5-13-26-17/h4-7,12-13,24H,8-11,14-15H2,1-3H3,(H2,20,21,22). The molecule has 0 radical (unpaired) electrons. The Bertz CT molecular complexity index is 594. The SMILES string of the molecule is CN(C)CC(C)(O)CN=C(NCCc1ccco1)NCCc1cccs1. The number of aliphatic hydroxyl groups is 1. The molecule has 2 rings (SSSR count). The van der Waals surface area contributed by atoms with Gasteiger partial charge in [0.05, 0.1) is 18.4 Å². The largest absolute Gasteiger partial charge is 0.469 e. The molecule has 0 spiro atoms. The summed E-state index contributed by atoms with van der Waals surface area (Å²) in [6.07, 6.45) is 3.42. The summed E-state index contributed by atoms with van der Waals surface area (Å²) in [5.41, 5.74) is -0.868. The van der Waals surface area contributed by atoms with Crippen molar-refractivity contribution in [3.05, 3.63) is 46.5 Å². The van der Waals surface area contributed by atoms with Crippen molar-refractivity contribution >= 4 is 17.3 Å². The van der Waals surface area contributed by atoms with Gasteiger partial charge in [-0.3, -0.25) is 4.99 Å². The van der Waals surface area contributed by atoms with E-state index in [4.69, 9.17) is 4.42 Å². The summed E-state index contributed by atoms with van der Waals surface area (Å²) in [7, 11) is 3.89. The molecule has 0 bridgehead atoms. The van der Waals surface area contributed by atoms with Gasteiger partial charge in [-0.15, -0.1) is 11.3 Å². The van der Waals surface area contributed by atoms with Crippen LogP contribution in [0.1, 0.15) is 17.6 Å². The summed E-state index contributed by atoms with van der Waals surface area (Å²) in [4.78, 5) is 7.88. The van der Waals surface area contributed by atoms with Gasteiger partial charge in [0.1, 0.15) is 5.76 Å². The van der Waals surface area contributed by atoms with Gasteiger partial charge in [-0.25, -0.2) is 0 Å². The third-order valence-corrected chi connectivity index (χ3v) is 4.66. The Morgan fingerprint density at radius 3 is 2.62 bits per heavy atom. The van der Waals surface area contributed by atoms with Gasteiger partial charge in [-0.1, -0.05) is 6.07 Å². The molecule has 2 aromatic heterocycles. The van der Waals surface area contributed by atoms with Crippen molar-refractivity contribution in [1.82, 2.24) is 15.5 Å². The second-order valence-electron chi connectivity index (χ2n) is 6.91. The molecule has 0 aliphatic rings. The van der Waals surface area contributed by atoms with Gasteiger partial charge in [-0.05, 0) is 51.0 Å². The van der Waals surface area contributed by atoms with Gasteiger partial charge in [0, 0.05) is 30.9 Å². The molecule has 1 unspecified atom stereocenters. The summed E-state index contributed by atoms with van der Waals surface area (Å²) in [5.74, 6) is 1.65. The lowest BCUT2D eigenvalue weighted by Crippen LogP contribution is -2.43. The number of aliphatic imine (C=N–C) groups is 1. The average Bonchev–Trinajstić information content (AvgIpc) is 3.24. The second-order valence-corrected chi connectivity index (χ2v) is 7.94. The predicted molar refractivity (Wildman–Crippen MR) is 108 cm³/mol. The number of likely N-dealkylation sites (N-methyl/N-ethyl adjacent to an activating group) is 1. The second kappa shape index (κ2) is 10.4. The van der Waals surface area contributed by atoms with E-state index in [1.807, 2.05) is 38.1 Å². The van der Waals surface area contributed by atoms with E-state index in [1.54, 1.807) is 17.6 Å². The van der Waals surface area contributed by atoms with Gasteiger partial charge >= 0.3 is 0 Å². The lowest BCUT2D eigenvalue weighted by atomic mass is 10.1. The molecule has 3 N–H and O–H groups in total. The first kappa shape index (κ1) is 20.5. The Morgan fingerprint density at radius 1 is 1.23 bits per heavy atom. The predicted octanol–water partition coefficient (Wildman–Crippen LogP) is 1.97. The Kier molecular flexibility index (Phi) is 8.15. The van der Waals surface area contributed by atoms with Crippen LogP contribution in [-0.2, 0) is 12.8 Å². The zero-order chi connectivity index (χ0) is 18.8. The van der Waals surface area contributed by atoms with Crippen LogP contribution < -0.4 is 10.6 Å². The van der Waals surface area contributed by atoms with E-state index < -0.39 is 5.60 Å². The molecule has 2 heterocycles. The Balaban J connectivity index is 1.86. The molecule has 0 saturated carbocycles. The fourth-order valence-electron chi connectivity index (χ4n) is 2.67. The highest BCUT2D eigenvalue weighted by Crippen LogP contribution is 2.08. The third kappa shape index (κ3) is 8.03. The molecule has 144 valence electrons. The number of nitrogens with one attached hydrogen (secondary N) is 2. The maximum atomic E-state index is 10.5. The molecule has 2 aromatic rings. The summed E-state index contributed by atoms with van der Waals surface area (Å²) in [6.45, 7) is 4.21. The minimum Gasteiger partial charge on any atom is -0.469 e. The van der Waals surface area contributed by atoms with Crippen LogP contribution in [0.5, 0.6) is 0 Å². The quantitative estimate of drug-likeness (QED) is 0.435. The smallest absolute Gasteiger partial charge is 0.191 e. The lowest BCUT2D eigenvalue weighted by Gasteiger charge is -2.25. The highest BCUT2D eigenvalue weighted by atomic mass is 32.1. The molecular formula is C19H30N4O2S. The van der Waals surface area contributed by atoms with Gasteiger partial charge in [0.25, 0.3) is 0 Å². The Labute approximate surface area is 159 Å². The molecule has 7 heteroatoms. The summed E-state index contributed by atoms with van der Waals surface area (Å²) < 4.78 is 5.36. The minimum atomic E-state index is -0.868. The van der Waals surface area contributed by atoms with Gasteiger partial charge < -0.3 is 25.1 Å². The molecular weight excluding hydrogens is 348 g/mol. The number of nitrogens with zero attached hydrogens (tertiary/aromatic N) is 2. The van der Waals surface area contributed by atoms with Crippen molar-refractivity contribution < 1.29 is 9.52 Å². The maximum Gasteiger partial charge on any atom is 0.191 e. The molecule has 0 aliphatic heterocycles. The molecule has 26 heavy (non-hydrogen) atoms. The summed E-state index contributed by atoms with van der Waals surface area (Å²) in [6, 6.07) is 8.05. The van der Waals surface area contributed by atoms with Crippen molar-refractivity contribution in [3.63, 3.8) is 0 Å².